The summed E-state index contributed by atoms with van der Waals surface area (Å²) in [6.45, 7) is 4.19. The highest BCUT2D eigenvalue weighted by atomic mass is 32.2. The van der Waals surface area contributed by atoms with Gasteiger partial charge in [-0.3, -0.25) is 9.59 Å². The predicted octanol–water partition coefficient (Wildman–Crippen LogP) is 1.66. The van der Waals surface area contributed by atoms with Gasteiger partial charge in [0.15, 0.2) is 0 Å². The number of thiazole rings is 1. The lowest BCUT2D eigenvalue weighted by Crippen LogP contribution is -2.32. The summed E-state index contributed by atoms with van der Waals surface area (Å²) in [7, 11) is -0.668. The van der Waals surface area contributed by atoms with E-state index in [0.717, 1.165) is 19.9 Å². The Kier molecular flexibility index (Phi) is 6.68. The maximum absolute atomic E-state index is 12.4. The number of carbonyl (C=O) groups is 1. The molecule has 0 aliphatic rings. The van der Waals surface area contributed by atoms with E-state index in [0.29, 0.717) is 11.3 Å². The molecule has 0 bridgehead atoms. The number of hydrogen-bond donors (Lipinski definition) is 1. The zero-order valence-electron chi connectivity index (χ0n) is 17.6. The van der Waals surface area contributed by atoms with Crippen LogP contribution in [-0.4, -0.2) is 54.0 Å². The molecule has 164 valence electrons. The van der Waals surface area contributed by atoms with Gasteiger partial charge < -0.3 is 5.32 Å². The zero-order chi connectivity index (χ0) is 22.8. The number of benzene rings is 1. The van der Waals surface area contributed by atoms with Crippen molar-refractivity contribution >= 4 is 27.3 Å². The van der Waals surface area contributed by atoms with Crippen LogP contribution in [0.3, 0.4) is 0 Å². The molecule has 1 aromatic carbocycles. The predicted molar refractivity (Wildman–Crippen MR) is 119 cm³/mol. The Morgan fingerprint density at radius 2 is 1.81 bits per heavy atom. The number of aryl methyl sites for hydroxylation is 2. The molecule has 3 rings (SSSR count). The van der Waals surface area contributed by atoms with Gasteiger partial charge >= 0.3 is 0 Å². The van der Waals surface area contributed by atoms with Crippen LogP contribution < -0.4 is 10.9 Å². The number of rotatable bonds is 7. The van der Waals surface area contributed by atoms with Crippen LogP contribution >= 0.6 is 11.3 Å². The highest BCUT2D eigenvalue weighted by Crippen LogP contribution is 2.27. The Morgan fingerprint density at radius 1 is 1.13 bits per heavy atom. The number of nitrogens with zero attached hydrogens (tertiary/aromatic N) is 4. The summed E-state index contributed by atoms with van der Waals surface area (Å²) in [6.07, 6.45) is 0. The molecular weight excluding hydrogens is 438 g/mol. The largest absolute Gasteiger partial charge is 0.350 e. The summed E-state index contributed by atoms with van der Waals surface area (Å²) in [5.41, 5.74) is 1.57. The number of amides is 1. The standard InChI is InChI=1S/C20H23N5O4S2/c1-13-19(30-14(2)22-13)17-9-10-18(26)25(23-17)12-11-21-20(27)15-5-7-16(8-6-15)31(28,29)24(3)4/h5-10H,11-12H2,1-4H3,(H,21,27). The van der Waals surface area contributed by atoms with E-state index in [4.69, 9.17) is 0 Å². The molecule has 2 aromatic heterocycles. The Bertz CT molecular complexity index is 1260. The average molecular weight is 462 g/mol. The van der Waals surface area contributed by atoms with Crippen LogP contribution in [0, 0.1) is 13.8 Å². The minimum absolute atomic E-state index is 0.107. The molecule has 1 N–H and O–H groups in total. The van der Waals surface area contributed by atoms with E-state index >= 15 is 0 Å². The maximum Gasteiger partial charge on any atom is 0.266 e. The number of nitrogens with one attached hydrogen (secondary N) is 1. The highest BCUT2D eigenvalue weighted by molar-refractivity contribution is 7.89. The molecule has 0 radical (unpaired) electrons. The molecule has 0 saturated heterocycles. The second kappa shape index (κ2) is 9.08. The van der Waals surface area contributed by atoms with Crippen molar-refractivity contribution in [3.8, 4) is 10.6 Å². The number of hydrogen-bond acceptors (Lipinski definition) is 7. The smallest absolute Gasteiger partial charge is 0.266 e. The van der Waals surface area contributed by atoms with Gasteiger partial charge in [-0.25, -0.2) is 22.4 Å². The van der Waals surface area contributed by atoms with Crippen molar-refractivity contribution in [3.63, 3.8) is 0 Å². The third kappa shape index (κ3) is 5.06. The topological polar surface area (TPSA) is 114 Å². The van der Waals surface area contributed by atoms with Crippen molar-refractivity contribution < 1.29 is 13.2 Å². The molecule has 31 heavy (non-hydrogen) atoms. The second-order valence-electron chi connectivity index (χ2n) is 7.00. The van der Waals surface area contributed by atoms with E-state index in [-0.39, 0.29) is 29.5 Å². The van der Waals surface area contributed by atoms with Gasteiger partial charge in [0.25, 0.3) is 11.5 Å². The number of aromatic nitrogens is 3. The fourth-order valence-electron chi connectivity index (χ4n) is 2.87. The van der Waals surface area contributed by atoms with E-state index in [1.54, 1.807) is 6.07 Å². The number of carbonyl (C=O) groups excluding carboxylic acids is 1. The lowest BCUT2D eigenvalue weighted by atomic mass is 10.2. The third-order valence-corrected chi connectivity index (χ3v) is 7.43. The first kappa shape index (κ1) is 22.8. The molecular formula is C20H23N5O4S2. The Labute approximate surface area is 184 Å². The minimum atomic E-state index is -3.55. The molecule has 9 nitrogen and oxygen atoms in total. The van der Waals surface area contributed by atoms with Gasteiger partial charge in [0, 0.05) is 32.3 Å². The molecule has 0 saturated carbocycles. The summed E-state index contributed by atoms with van der Waals surface area (Å²) in [6, 6.07) is 8.79. The lowest BCUT2D eigenvalue weighted by Gasteiger charge is -2.12. The monoisotopic (exact) mass is 461 g/mol. The van der Waals surface area contributed by atoms with Crippen LogP contribution in [0.1, 0.15) is 21.1 Å². The minimum Gasteiger partial charge on any atom is -0.350 e. The van der Waals surface area contributed by atoms with E-state index in [1.807, 2.05) is 13.8 Å². The van der Waals surface area contributed by atoms with Crippen LogP contribution in [0.2, 0.25) is 0 Å². The quantitative estimate of drug-likeness (QED) is 0.572. The molecule has 11 heteroatoms. The molecule has 0 fully saturated rings. The van der Waals surface area contributed by atoms with E-state index < -0.39 is 10.0 Å². The van der Waals surface area contributed by atoms with Gasteiger partial charge in [0.05, 0.1) is 27.0 Å². The fourth-order valence-corrected chi connectivity index (χ4v) is 4.65. The molecule has 0 aliphatic carbocycles. The van der Waals surface area contributed by atoms with E-state index in [9.17, 15) is 18.0 Å². The maximum atomic E-state index is 12.4. The number of sulfonamides is 1. The van der Waals surface area contributed by atoms with Gasteiger partial charge in [0.1, 0.15) is 5.69 Å². The normalized spacial score (nSPS) is 11.6. The van der Waals surface area contributed by atoms with Crippen molar-refractivity contribution in [3.05, 3.63) is 63.0 Å². The van der Waals surface area contributed by atoms with Gasteiger partial charge in [-0.05, 0) is 44.2 Å². The van der Waals surface area contributed by atoms with Crippen LogP contribution in [0.25, 0.3) is 10.6 Å². The first-order chi connectivity index (χ1) is 14.6. The summed E-state index contributed by atoms with van der Waals surface area (Å²) >= 11 is 1.51. The van der Waals surface area contributed by atoms with E-state index in [2.05, 4.69) is 15.4 Å². The average Bonchev–Trinajstić information content (AvgIpc) is 3.07. The molecule has 0 unspecified atom stereocenters. The summed E-state index contributed by atoms with van der Waals surface area (Å²) in [5.74, 6) is -0.369. The van der Waals surface area contributed by atoms with Crippen LogP contribution in [-0.2, 0) is 16.6 Å². The Hall–Kier alpha value is -2.89. The molecule has 0 spiro atoms. The van der Waals surface area contributed by atoms with Crippen molar-refractivity contribution in [1.29, 1.82) is 0 Å². The molecule has 2 heterocycles. The fraction of sp³-hybridized carbons (Fsp3) is 0.300. The Balaban J connectivity index is 1.66. The van der Waals surface area contributed by atoms with Crippen LogP contribution in [0.15, 0.2) is 46.1 Å². The van der Waals surface area contributed by atoms with Gasteiger partial charge in [-0.2, -0.15) is 5.10 Å². The molecule has 0 aliphatic heterocycles. The van der Waals surface area contributed by atoms with Crippen LogP contribution in [0.5, 0.6) is 0 Å². The van der Waals surface area contributed by atoms with Crippen molar-refractivity contribution in [2.75, 3.05) is 20.6 Å². The zero-order valence-corrected chi connectivity index (χ0v) is 19.2. The van der Waals surface area contributed by atoms with Crippen molar-refractivity contribution in [2.45, 2.75) is 25.3 Å². The first-order valence-corrected chi connectivity index (χ1v) is 11.7. The van der Waals surface area contributed by atoms with Gasteiger partial charge in [-0.15, -0.1) is 11.3 Å². The highest BCUT2D eigenvalue weighted by Gasteiger charge is 2.17. The molecule has 1 amide bonds. The van der Waals surface area contributed by atoms with Crippen LogP contribution in [0.4, 0.5) is 0 Å². The third-order valence-electron chi connectivity index (χ3n) is 4.51. The van der Waals surface area contributed by atoms with Crippen molar-refractivity contribution in [1.82, 2.24) is 24.4 Å². The first-order valence-electron chi connectivity index (χ1n) is 9.43. The lowest BCUT2D eigenvalue weighted by molar-refractivity contribution is 0.0951. The van der Waals surface area contributed by atoms with Crippen molar-refractivity contribution in [2.24, 2.45) is 0 Å². The summed E-state index contributed by atoms with van der Waals surface area (Å²) in [4.78, 5) is 29.9. The second-order valence-corrected chi connectivity index (χ2v) is 10.4. The molecule has 0 atom stereocenters. The van der Waals surface area contributed by atoms with Gasteiger partial charge in [0.2, 0.25) is 10.0 Å². The molecule has 3 aromatic rings. The SMILES string of the molecule is Cc1nc(C)c(-c2ccc(=O)n(CCNC(=O)c3ccc(S(=O)(=O)N(C)C)cc3)n2)s1. The van der Waals surface area contributed by atoms with E-state index in [1.165, 1.54) is 60.4 Å². The summed E-state index contributed by atoms with van der Waals surface area (Å²) in [5, 5.41) is 8.04. The van der Waals surface area contributed by atoms with Gasteiger partial charge in [-0.1, -0.05) is 0 Å². The Morgan fingerprint density at radius 3 is 2.39 bits per heavy atom. The summed E-state index contributed by atoms with van der Waals surface area (Å²) < 4.78 is 26.6.